The van der Waals surface area contributed by atoms with E-state index in [9.17, 15) is 4.79 Å². The highest BCUT2D eigenvalue weighted by molar-refractivity contribution is 5.79. The van der Waals surface area contributed by atoms with Gasteiger partial charge in [0.05, 0.1) is 19.2 Å². The molecule has 1 aliphatic rings. The molecule has 6 nitrogen and oxygen atoms in total. The molecule has 2 heterocycles. The number of aryl methyl sites for hydroxylation is 2. The maximum atomic E-state index is 12.7. The fourth-order valence-electron chi connectivity index (χ4n) is 3.36. The van der Waals surface area contributed by atoms with Gasteiger partial charge in [0.15, 0.2) is 0 Å². The van der Waals surface area contributed by atoms with Gasteiger partial charge in [-0.15, -0.1) is 0 Å². The summed E-state index contributed by atoms with van der Waals surface area (Å²) >= 11 is 0. The fraction of sp³-hybridized carbons (Fsp3) is 0.474. The monoisotopic (exact) mass is 342 g/mol. The molecule has 0 saturated carbocycles. The molecule has 1 fully saturated rings. The molecule has 0 N–H and O–H groups in total. The molecule has 3 rings (SSSR count). The molecule has 1 aliphatic heterocycles. The van der Waals surface area contributed by atoms with Crippen molar-refractivity contribution in [3.05, 3.63) is 41.2 Å². The molecule has 2 aromatic rings. The van der Waals surface area contributed by atoms with Crippen LogP contribution >= 0.6 is 0 Å². The number of rotatable bonds is 4. The minimum Gasteiger partial charge on any atom is -0.497 e. The van der Waals surface area contributed by atoms with Crippen LogP contribution in [0.5, 0.6) is 5.75 Å². The third-order valence-electron chi connectivity index (χ3n) is 5.04. The topological polar surface area (TPSA) is 50.6 Å². The summed E-state index contributed by atoms with van der Waals surface area (Å²) in [6.07, 6.45) is 0.435. The standard InChI is InChI=1S/C19H26N4O2/c1-14-18(15(2)21(3)20-14)13-19(24)23-10-8-22(9-11-23)16-6-5-7-17(12-16)25-4/h5-7,12H,8-11,13H2,1-4H3. The normalized spacial score (nSPS) is 14.7. The van der Waals surface area contributed by atoms with Crippen LogP contribution in [0.15, 0.2) is 24.3 Å². The molecule has 0 unspecified atom stereocenters. The average molecular weight is 342 g/mol. The van der Waals surface area contributed by atoms with E-state index in [4.69, 9.17) is 4.74 Å². The van der Waals surface area contributed by atoms with E-state index in [0.29, 0.717) is 6.42 Å². The fourth-order valence-corrected chi connectivity index (χ4v) is 3.36. The molecule has 0 radical (unpaired) electrons. The Bertz CT molecular complexity index is 761. The molecular formula is C19H26N4O2. The van der Waals surface area contributed by atoms with Gasteiger partial charge in [-0.25, -0.2) is 0 Å². The molecule has 1 saturated heterocycles. The predicted molar refractivity (Wildman–Crippen MR) is 98.2 cm³/mol. The number of carbonyl (C=O) groups is 1. The Hall–Kier alpha value is -2.50. The van der Waals surface area contributed by atoms with Crippen LogP contribution in [0, 0.1) is 13.8 Å². The van der Waals surface area contributed by atoms with Gasteiger partial charge in [0.25, 0.3) is 0 Å². The van der Waals surface area contributed by atoms with E-state index in [1.165, 1.54) is 0 Å². The van der Waals surface area contributed by atoms with Gasteiger partial charge in [0.1, 0.15) is 5.75 Å². The quantitative estimate of drug-likeness (QED) is 0.852. The van der Waals surface area contributed by atoms with Gasteiger partial charge >= 0.3 is 0 Å². The van der Waals surface area contributed by atoms with Gasteiger partial charge in [-0.3, -0.25) is 9.48 Å². The Balaban J connectivity index is 1.61. The first-order valence-electron chi connectivity index (χ1n) is 8.65. The first-order chi connectivity index (χ1) is 12.0. The maximum absolute atomic E-state index is 12.7. The number of anilines is 1. The van der Waals surface area contributed by atoms with E-state index in [1.54, 1.807) is 7.11 Å². The van der Waals surface area contributed by atoms with Crippen molar-refractivity contribution in [3.8, 4) is 5.75 Å². The Morgan fingerprint density at radius 2 is 1.92 bits per heavy atom. The van der Waals surface area contributed by atoms with Gasteiger partial charge in [-0.2, -0.15) is 5.10 Å². The minimum atomic E-state index is 0.185. The lowest BCUT2D eigenvalue weighted by atomic mass is 10.1. The second-order valence-corrected chi connectivity index (χ2v) is 6.52. The molecule has 25 heavy (non-hydrogen) atoms. The van der Waals surface area contributed by atoms with Gasteiger partial charge in [-0.1, -0.05) is 6.07 Å². The van der Waals surface area contributed by atoms with Crippen molar-refractivity contribution in [1.82, 2.24) is 14.7 Å². The number of aromatic nitrogens is 2. The van der Waals surface area contributed by atoms with Gasteiger partial charge < -0.3 is 14.5 Å². The van der Waals surface area contributed by atoms with Crippen LogP contribution in [0.2, 0.25) is 0 Å². The van der Waals surface area contributed by atoms with E-state index in [-0.39, 0.29) is 5.91 Å². The van der Waals surface area contributed by atoms with Crippen molar-refractivity contribution in [2.75, 3.05) is 38.2 Å². The molecule has 6 heteroatoms. The van der Waals surface area contributed by atoms with E-state index in [1.807, 2.05) is 48.7 Å². The van der Waals surface area contributed by atoms with Crippen LogP contribution < -0.4 is 9.64 Å². The van der Waals surface area contributed by atoms with E-state index >= 15 is 0 Å². The number of nitrogens with zero attached hydrogens (tertiary/aromatic N) is 4. The number of hydrogen-bond donors (Lipinski definition) is 0. The van der Waals surface area contributed by atoms with Crippen LogP contribution in [0.3, 0.4) is 0 Å². The molecule has 1 aromatic carbocycles. The Morgan fingerprint density at radius 3 is 2.52 bits per heavy atom. The second-order valence-electron chi connectivity index (χ2n) is 6.52. The Kier molecular flexibility index (Phi) is 4.97. The minimum absolute atomic E-state index is 0.185. The molecule has 0 bridgehead atoms. The summed E-state index contributed by atoms with van der Waals surface area (Å²) in [5.74, 6) is 1.04. The molecular weight excluding hydrogens is 316 g/mol. The largest absolute Gasteiger partial charge is 0.497 e. The number of benzene rings is 1. The summed E-state index contributed by atoms with van der Waals surface area (Å²) in [6, 6.07) is 8.07. The van der Waals surface area contributed by atoms with Crippen molar-refractivity contribution in [1.29, 1.82) is 0 Å². The zero-order valence-corrected chi connectivity index (χ0v) is 15.5. The lowest BCUT2D eigenvalue weighted by Crippen LogP contribution is -2.49. The van der Waals surface area contributed by atoms with Crippen molar-refractivity contribution in [2.45, 2.75) is 20.3 Å². The van der Waals surface area contributed by atoms with Crippen molar-refractivity contribution in [2.24, 2.45) is 7.05 Å². The summed E-state index contributed by atoms with van der Waals surface area (Å²) in [4.78, 5) is 16.9. The highest BCUT2D eigenvalue weighted by Crippen LogP contribution is 2.22. The van der Waals surface area contributed by atoms with Crippen LogP contribution in [0.25, 0.3) is 0 Å². The third-order valence-corrected chi connectivity index (χ3v) is 5.04. The average Bonchev–Trinajstić information content (AvgIpc) is 2.88. The number of ether oxygens (including phenoxy) is 1. The van der Waals surface area contributed by atoms with E-state index in [0.717, 1.165) is 54.6 Å². The smallest absolute Gasteiger partial charge is 0.227 e. The molecule has 134 valence electrons. The lowest BCUT2D eigenvalue weighted by Gasteiger charge is -2.36. The van der Waals surface area contributed by atoms with Crippen LogP contribution in [-0.4, -0.2) is 53.9 Å². The zero-order valence-electron chi connectivity index (χ0n) is 15.5. The second kappa shape index (κ2) is 7.17. The van der Waals surface area contributed by atoms with E-state index < -0.39 is 0 Å². The number of piperazine rings is 1. The van der Waals surface area contributed by atoms with Gasteiger partial charge in [0.2, 0.25) is 5.91 Å². The lowest BCUT2D eigenvalue weighted by molar-refractivity contribution is -0.130. The third kappa shape index (κ3) is 3.62. The Morgan fingerprint density at radius 1 is 1.20 bits per heavy atom. The summed E-state index contributed by atoms with van der Waals surface area (Å²) in [7, 11) is 3.60. The van der Waals surface area contributed by atoms with Crippen LogP contribution in [0.1, 0.15) is 17.0 Å². The number of amides is 1. The zero-order chi connectivity index (χ0) is 18.0. The molecule has 0 spiro atoms. The van der Waals surface area contributed by atoms with E-state index in [2.05, 4.69) is 16.1 Å². The molecule has 0 atom stereocenters. The summed E-state index contributed by atoms with van der Waals surface area (Å²) < 4.78 is 7.14. The predicted octanol–water partition coefficient (Wildman–Crippen LogP) is 1.94. The maximum Gasteiger partial charge on any atom is 0.227 e. The Labute approximate surface area is 149 Å². The number of methoxy groups -OCH3 is 1. The highest BCUT2D eigenvalue weighted by atomic mass is 16.5. The molecule has 1 amide bonds. The van der Waals surface area contributed by atoms with Gasteiger partial charge in [-0.05, 0) is 26.0 Å². The number of carbonyl (C=O) groups excluding carboxylic acids is 1. The SMILES string of the molecule is COc1cccc(N2CCN(C(=O)Cc3c(C)nn(C)c3C)CC2)c1. The van der Waals surface area contributed by atoms with Crippen LogP contribution in [-0.2, 0) is 18.3 Å². The van der Waals surface area contributed by atoms with Gasteiger partial charge in [0, 0.05) is 56.2 Å². The first kappa shape index (κ1) is 17.3. The highest BCUT2D eigenvalue weighted by Gasteiger charge is 2.23. The summed E-state index contributed by atoms with van der Waals surface area (Å²) in [6.45, 7) is 7.15. The molecule has 0 aliphatic carbocycles. The summed E-state index contributed by atoms with van der Waals surface area (Å²) in [5, 5.41) is 4.40. The van der Waals surface area contributed by atoms with Crippen molar-refractivity contribution >= 4 is 11.6 Å². The first-order valence-corrected chi connectivity index (χ1v) is 8.65. The van der Waals surface area contributed by atoms with Crippen LogP contribution in [0.4, 0.5) is 5.69 Å². The van der Waals surface area contributed by atoms with Crippen molar-refractivity contribution < 1.29 is 9.53 Å². The van der Waals surface area contributed by atoms with Crippen molar-refractivity contribution in [3.63, 3.8) is 0 Å². The molecule has 1 aromatic heterocycles. The summed E-state index contributed by atoms with van der Waals surface area (Å²) in [5.41, 5.74) is 4.22. The number of hydrogen-bond acceptors (Lipinski definition) is 4.